The van der Waals surface area contributed by atoms with Crippen LogP contribution >= 0.6 is 0 Å². The molecule has 0 aliphatic heterocycles. The molecule has 0 bridgehead atoms. The van der Waals surface area contributed by atoms with Gasteiger partial charge in [0.05, 0.1) is 35.2 Å². The molecule has 0 atom stereocenters. The average Bonchev–Trinajstić information content (AvgIpc) is 3.14. The van der Waals surface area contributed by atoms with E-state index in [1.165, 1.54) is 0 Å². The summed E-state index contributed by atoms with van der Waals surface area (Å²) in [5.41, 5.74) is 10.0. The maximum Gasteiger partial charge on any atom is 0.335 e. The molecule has 0 saturated heterocycles. The molecule has 190 valence electrons. The van der Waals surface area contributed by atoms with Crippen molar-refractivity contribution in [1.82, 2.24) is 24.0 Å². The number of anilines is 4. The third kappa shape index (κ3) is 4.85. The van der Waals surface area contributed by atoms with E-state index < -0.39 is 0 Å². The number of nitrogens with one attached hydrogen (secondary N) is 1. The van der Waals surface area contributed by atoms with Gasteiger partial charge in [0.25, 0.3) is 0 Å². The number of nitrogen functional groups attached to an aromatic ring is 1. The van der Waals surface area contributed by atoms with Crippen molar-refractivity contribution in [2.75, 3.05) is 57.3 Å². The van der Waals surface area contributed by atoms with Crippen molar-refractivity contribution in [3.8, 4) is 11.6 Å². The van der Waals surface area contributed by atoms with E-state index in [0.29, 0.717) is 28.9 Å². The van der Waals surface area contributed by atoms with Gasteiger partial charge in [-0.15, -0.1) is 0 Å². The first kappa shape index (κ1) is 25.1. The van der Waals surface area contributed by atoms with Crippen LogP contribution in [0.2, 0.25) is 0 Å². The molecule has 0 spiro atoms. The topological polar surface area (TPSA) is 106 Å². The fourth-order valence-electron chi connectivity index (χ4n) is 4.20. The van der Waals surface area contributed by atoms with Crippen molar-refractivity contribution in [3.05, 3.63) is 59.1 Å². The van der Waals surface area contributed by atoms with Crippen LogP contribution in [-0.4, -0.2) is 65.3 Å². The summed E-state index contributed by atoms with van der Waals surface area (Å²) in [6.07, 6.45) is 1.62. The van der Waals surface area contributed by atoms with E-state index in [0.717, 1.165) is 29.8 Å². The minimum absolute atomic E-state index is 0.00434. The highest BCUT2D eigenvalue weighted by Gasteiger charge is 2.18. The highest BCUT2D eigenvalue weighted by Crippen LogP contribution is 2.36. The number of likely N-dealkylation sites (N-methyl/N-ethyl adjacent to an activating group) is 2. The summed E-state index contributed by atoms with van der Waals surface area (Å²) in [5, 5.41) is 3.21. The van der Waals surface area contributed by atoms with Gasteiger partial charge in [0.1, 0.15) is 11.6 Å². The lowest BCUT2D eigenvalue weighted by molar-refractivity contribution is 0.413. The lowest BCUT2D eigenvalue weighted by Gasteiger charge is -2.24. The molecule has 2 aromatic carbocycles. The normalized spacial score (nSPS) is 11.4. The molecule has 10 nitrogen and oxygen atoms in total. The van der Waals surface area contributed by atoms with Crippen LogP contribution in [-0.2, 0) is 0 Å². The summed E-state index contributed by atoms with van der Waals surface area (Å²) >= 11 is 0. The predicted octanol–water partition coefficient (Wildman–Crippen LogP) is 3.50. The van der Waals surface area contributed by atoms with Crippen molar-refractivity contribution in [2.24, 2.45) is 0 Å². The van der Waals surface area contributed by atoms with Crippen molar-refractivity contribution < 1.29 is 4.74 Å². The van der Waals surface area contributed by atoms with Crippen LogP contribution in [0.25, 0.3) is 16.9 Å². The zero-order valence-corrected chi connectivity index (χ0v) is 21.7. The molecule has 0 fully saturated rings. The lowest BCUT2D eigenvalue weighted by Crippen LogP contribution is -2.29. The highest BCUT2D eigenvalue weighted by atomic mass is 16.5. The summed E-state index contributed by atoms with van der Waals surface area (Å²) in [4.78, 5) is 26.6. The van der Waals surface area contributed by atoms with Crippen LogP contribution in [0, 0.1) is 0 Å². The minimum atomic E-state index is -0.150. The predicted molar refractivity (Wildman–Crippen MR) is 146 cm³/mol. The van der Waals surface area contributed by atoms with Crippen molar-refractivity contribution in [2.45, 2.75) is 19.9 Å². The number of nitrogens with two attached hydrogens (primary N) is 1. The fourth-order valence-corrected chi connectivity index (χ4v) is 4.20. The summed E-state index contributed by atoms with van der Waals surface area (Å²) in [6.45, 7) is 5.69. The Bertz CT molecular complexity index is 1420. The van der Waals surface area contributed by atoms with Crippen molar-refractivity contribution in [1.29, 1.82) is 0 Å². The fraction of sp³-hybridized carbons (Fsp3) is 0.346. The van der Waals surface area contributed by atoms with Gasteiger partial charge in [0, 0.05) is 44.5 Å². The Hall–Kier alpha value is -4.05. The first-order chi connectivity index (χ1) is 17.2. The zero-order valence-electron chi connectivity index (χ0n) is 21.7. The van der Waals surface area contributed by atoms with E-state index >= 15 is 0 Å². The molecule has 0 aliphatic carbocycles. The molecule has 4 aromatic rings. The molecule has 0 aliphatic rings. The van der Waals surface area contributed by atoms with Crippen molar-refractivity contribution >= 4 is 34.0 Å². The second-order valence-electron chi connectivity index (χ2n) is 9.27. The first-order valence-corrected chi connectivity index (χ1v) is 11.9. The Labute approximate surface area is 210 Å². The quantitative estimate of drug-likeness (QED) is 0.344. The number of ether oxygens (including phenoxy) is 1. The van der Waals surface area contributed by atoms with Gasteiger partial charge in [-0.1, -0.05) is 12.1 Å². The summed E-state index contributed by atoms with van der Waals surface area (Å²) in [6, 6.07) is 13.1. The van der Waals surface area contributed by atoms with Gasteiger partial charge in [0.15, 0.2) is 0 Å². The summed E-state index contributed by atoms with van der Waals surface area (Å²) in [5.74, 6) is 1.41. The largest absolute Gasteiger partial charge is 0.494 e. The molecule has 0 saturated carbocycles. The molecule has 10 heteroatoms. The second kappa shape index (κ2) is 10.3. The molecule has 0 unspecified atom stereocenters. The Morgan fingerprint density at radius 1 is 1.08 bits per heavy atom. The van der Waals surface area contributed by atoms with Crippen LogP contribution < -0.4 is 26.4 Å². The van der Waals surface area contributed by atoms with Crippen LogP contribution in [0.15, 0.2) is 53.5 Å². The summed E-state index contributed by atoms with van der Waals surface area (Å²) < 4.78 is 9.01. The van der Waals surface area contributed by atoms with E-state index in [-0.39, 0.29) is 11.7 Å². The monoisotopic (exact) mass is 490 g/mol. The molecule has 0 amide bonds. The number of nitrogens with zero attached hydrogens (tertiary/aromatic N) is 6. The van der Waals surface area contributed by atoms with E-state index in [9.17, 15) is 4.79 Å². The van der Waals surface area contributed by atoms with Crippen LogP contribution in [0.3, 0.4) is 0 Å². The van der Waals surface area contributed by atoms with Gasteiger partial charge in [-0.05, 0) is 46.1 Å². The standard InChI is InChI=1S/C26H34N8O2/c1-17(2)33-20-9-7-8-10-21(20)34(26(33)35)24-11-12-28-25(30-24)29-19-15-18(27)22(16-23(19)36-6)32(5)14-13-31(3)4/h7-12,15-17H,13-14,27H2,1-6H3,(H,28,29,30). The highest BCUT2D eigenvalue weighted by molar-refractivity contribution is 5.80. The van der Waals surface area contributed by atoms with E-state index in [1.54, 1.807) is 28.5 Å². The van der Waals surface area contributed by atoms with Gasteiger partial charge in [-0.2, -0.15) is 4.98 Å². The van der Waals surface area contributed by atoms with Gasteiger partial charge in [-0.3, -0.25) is 4.57 Å². The van der Waals surface area contributed by atoms with E-state index in [2.05, 4.69) is 25.1 Å². The second-order valence-corrected chi connectivity index (χ2v) is 9.27. The Kier molecular flexibility index (Phi) is 7.16. The SMILES string of the molecule is COc1cc(N(C)CCN(C)C)c(N)cc1Nc1nccc(-n2c(=O)n(C(C)C)c3ccccc32)n1. The third-order valence-corrected chi connectivity index (χ3v) is 6.06. The smallest absolute Gasteiger partial charge is 0.335 e. The molecule has 3 N–H and O–H groups in total. The van der Waals surface area contributed by atoms with Gasteiger partial charge in [-0.25, -0.2) is 14.3 Å². The molecule has 36 heavy (non-hydrogen) atoms. The maximum atomic E-state index is 13.3. The first-order valence-electron chi connectivity index (χ1n) is 11.9. The van der Waals surface area contributed by atoms with E-state index in [4.69, 9.17) is 10.5 Å². The zero-order chi connectivity index (χ0) is 26.0. The molecule has 2 heterocycles. The molecule has 4 rings (SSSR count). The van der Waals surface area contributed by atoms with Crippen molar-refractivity contribution in [3.63, 3.8) is 0 Å². The molecular formula is C26H34N8O2. The Balaban J connectivity index is 1.70. The average molecular weight is 491 g/mol. The molecule has 0 radical (unpaired) electrons. The molecular weight excluding hydrogens is 456 g/mol. The minimum Gasteiger partial charge on any atom is -0.494 e. The Morgan fingerprint density at radius 2 is 1.81 bits per heavy atom. The number of imidazole rings is 1. The number of methoxy groups -OCH3 is 1. The number of rotatable bonds is 9. The molecule has 2 aromatic heterocycles. The van der Waals surface area contributed by atoms with Crippen LogP contribution in [0.5, 0.6) is 5.75 Å². The van der Waals surface area contributed by atoms with Gasteiger partial charge in [0.2, 0.25) is 5.95 Å². The number of hydrogen-bond acceptors (Lipinski definition) is 8. The number of benzene rings is 2. The number of fused-ring (bicyclic) bond motifs is 1. The van der Waals surface area contributed by atoms with Gasteiger partial charge < -0.3 is 25.6 Å². The maximum absolute atomic E-state index is 13.3. The third-order valence-electron chi connectivity index (χ3n) is 6.06. The Morgan fingerprint density at radius 3 is 2.47 bits per heavy atom. The summed E-state index contributed by atoms with van der Waals surface area (Å²) in [7, 11) is 7.68. The van der Waals surface area contributed by atoms with E-state index in [1.807, 2.05) is 71.4 Å². The number of aromatic nitrogens is 4. The number of hydrogen-bond donors (Lipinski definition) is 2. The number of para-hydroxylation sites is 2. The lowest BCUT2D eigenvalue weighted by atomic mass is 10.2. The van der Waals surface area contributed by atoms with Crippen LogP contribution in [0.4, 0.5) is 23.0 Å². The van der Waals surface area contributed by atoms with Crippen LogP contribution in [0.1, 0.15) is 19.9 Å². The van der Waals surface area contributed by atoms with Gasteiger partial charge >= 0.3 is 5.69 Å².